The van der Waals surface area contributed by atoms with Gasteiger partial charge >= 0.3 is 6.03 Å². The number of imide groups is 1. The van der Waals surface area contributed by atoms with Crippen molar-refractivity contribution in [2.24, 2.45) is 11.8 Å². The fourth-order valence-electron chi connectivity index (χ4n) is 5.08. The average molecular weight is 468 g/mol. The van der Waals surface area contributed by atoms with Gasteiger partial charge in [-0.3, -0.25) is 14.5 Å². The Morgan fingerprint density at radius 2 is 1.97 bits per heavy atom. The van der Waals surface area contributed by atoms with E-state index in [1.54, 1.807) is 11.3 Å². The van der Waals surface area contributed by atoms with Crippen molar-refractivity contribution in [1.29, 1.82) is 0 Å². The summed E-state index contributed by atoms with van der Waals surface area (Å²) in [5, 5.41) is 7.96. The Balaban J connectivity index is 1.49. The van der Waals surface area contributed by atoms with Crippen LogP contribution in [0.2, 0.25) is 0 Å². The Morgan fingerprint density at radius 1 is 1.21 bits per heavy atom. The molecular weight excluding hydrogens is 434 g/mol. The summed E-state index contributed by atoms with van der Waals surface area (Å²) in [6.45, 7) is 6.12. The summed E-state index contributed by atoms with van der Waals surface area (Å²) < 4.78 is 0. The van der Waals surface area contributed by atoms with Crippen LogP contribution >= 0.6 is 11.3 Å². The van der Waals surface area contributed by atoms with E-state index < -0.39 is 11.6 Å². The fourth-order valence-corrected chi connectivity index (χ4v) is 5.88. The molecule has 0 bridgehead atoms. The molecule has 1 aliphatic heterocycles. The second kappa shape index (κ2) is 9.67. The van der Waals surface area contributed by atoms with Crippen LogP contribution in [0, 0.1) is 11.8 Å². The smallest absolute Gasteiger partial charge is 0.325 e. The molecule has 1 spiro atoms. The van der Waals surface area contributed by atoms with Gasteiger partial charge in [-0.2, -0.15) is 0 Å². The second-order valence-electron chi connectivity index (χ2n) is 9.80. The van der Waals surface area contributed by atoms with Crippen LogP contribution in [0.3, 0.4) is 0 Å². The molecule has 6 nitrogen and oxygen atoms in total. The van der Waals surface area contributed by atoms with Crippen LogP contribution in [0.1, 0.15) is 68.5 Å². The van der Waals surface area contributed by atoms with Crippen molar-refractivity contribution in [3.63, 3.8) is 0 Å². The maximum Gasteiger partial charge on any atom is 0.325 e. The summed E-state index contributed by atoms with van der Waals surface area (Å²) in [6, 6.07) is 11.5. The van der Waals surface area contributed by atoms with E-state index in [0.29, 0.717) is 12.3 Å². The Bertz CT molecular complexity index is 1000. The fraction of sp³-hybridized carbons (Fsp3) is 0.500. The predicted molar refractivity (Wildman–Crippen MR) is 130 cm³/mol. The van der Waals surface area contributed by atoms with Gasteiger partial charge in [-0.25, -0.2) is 4.79 Å². The number of hydrogen-bond acceptors (Lipinski definition) is 4. The maximum atomic E-state index is 13.2. The number of carbonyl (C=O) groups excluding carboxylic acids is 3. The molecule has 4 amide bonds. The van der Waals surface area contributed by atoms with Gasteiger partial charge in [0, 0.05) is 4.88 Å². The first-order valence-corrected chi connectivity index (χ1v) is 12.7. The van der Waals surface area contributed by atoms with Crippen molar-refractivity contribution < 1.29 is 14.4 Å². The van der Waals surface area contributed by atoms with E-state index in [4.69, 9.17) is 0 Å². The molecule has 2 heterocycles. The summed E-state index contributed by atoms with van der Waals surface area (Å²) in [6.07, 6.45) is 4.51. The maximum absolute atomic E-state index is 13.2. The van der Waals surface area contributed by atoms with Crippen LogP contribution in [-0.2, 0) is 16.0 Å². The highest BCUT2D eigenvalue weighted by molar-refractivity contribution is 7.10. The van der Waals surface area contributed by atoms with Crippen molar-refractivity contribution >= 4 is 29.2 Å². The van der Waals surface area contributed by atoms with Crippen molar-refractivity contribution in [2.75, 3.05) is 6.54 Å². The highest BCUT2D eigenvalue weighted by Gasteiger charge is 2.55. The van der Waals surface area contributed by atoms with Gasteiger partial charge in [-0.05, 0) is 53.7 Å². The second-order valence-corrected chi connectivity index (χ2v) is 10.8. The van der Waals surface area contributed by atoms with E-state index in [-0.39, 0.29) is 30.3 Å². The molecule has 1 aromatic carbocycles. The third-order valence-electron chi connectivity index (χ3n) is 6.89. The van der Waals surface area contributed by atoms with Crippen LogP contribution in [0.15, 0.2) is 41.8 Å². The molecule has 7 heteroatoms. The first-order valence-electron chi connectivity index (χ1n) is 11.9. The van der Waals surface area contributed by atoms with E-state index in [9.17, 15) is 14.4 Å². The molecule has 2 aromatic rings. The van der Waals surface area contributed by atoms with Crippen molar-refractivity contribution in [1.82, 2.24) is 15.5 Å². The van der Waals surface area contributed by atoms with Gasteiger partial charge in [0.15, 0.2) is 0 Å². The van der Waals surface area contributed by atoms with Gasteiger partial charge in [0.1, 0.15) is 12.1 Å². The zero-order chi connectivity index (χ0) is 23.6. The number of amides is 4. The first-order chi connectivity index (χ1) is 15.8. The van der Waals surface area contributed by atoms with Crippen molar-refractivity contribution in [3.8, 4) is 0 Å². The van der Waals surface area contributed by atoms with Crippen molar-refractivity contribution in [2.45, 2.75) is 64.5 Å². The number of benzene rings is 1. The number of hydrogen-bond donors (Lipinski definition) is 2. The first kappa shape index (κ1) is 23.5. The quantitative estimate of drug-likeness (QED) is 0.582. The standard InChI is InChI=1S/C26H33N3O3S/c1-17(2)15-19-9-11-20(12-10-19)23(21-8-6-14-33-21)27-22(30)16-29-24(31)26(28-25(29)32)13-5-4-7-18(26)3/h6,8-12,14,17-18,23H,4-5,7,13,15-16H2,1-3H3,(H,27,30)(H,28,32). The minimum atomic E-state index is -0.852. The highest BCUT2D eigenvalue weighted by atomic mass is 32.1. The molecule has 1 saturated heterocycles. The molecule has 0 radical (unpaired) electrons. The van der Waals surface area contributed by atoms with E-state index >= 15 is 0 Å². The van der Waals surface area contributed by atoms with Gasteiger partial charge < -0.3 is 10.6 Å². The van der Waals surface area contributed by atoms with Crippen LogP contribution < -0.4 is 10.6 Å². The zero-order valence-electron chi connectivity index (χ0n) is 19.6. The van der Waals surface area contributed by atoms with E-state index in [2.05, 4.69) is 48.7 Å². The Hall–Kier alpha value is -2.67. The third kappa shape index (κ3) is 4.83. The largest absolute Gasteiger partial charge is 0.343 e. The Kier molecular flexibility index (Phi) is 6.88. The predicted octanol–water partition coefficient (Wildman–Crippen LogP) is 4.65. The average Bonchev–Trinajstić information content (AvgIpc) is 3.38. The minimum absolute atomic E-state index is 0.0685. The topological polar surface area (TPSA) is 78.5 Å². The van der Waals surface area contributed by atoms with Crippen molar-refractivity contribution in [3.05, 3.63) is 57.8 Å². The molecule has 2 N–H and O–H groups in total. The van der Waals surface area contributed by atoms with Crippen LogP contribution in [-0.4, -0.2) is 34.8 Å². The van der Waals surface area contributed by atoms with Gasteiger partial charge in [0.2, 0.25) is 5.91 Å². The minimum Gasteiger partial charge on any atom is -0.343 e. The van der Waals surface area contributed by atoms with E-state index in [1.807, 2.05) is 24.4 Å². The Labute approximate surface area is 199 Å². The number of nitrogens with zero attached hydrogens (tertiary/aromatic N) is 1. The molecule has 1 aliphatic carbocycles. The van der Waals surface area contributed by atoms with Gasteiger partial charge in [0.25, 0.3) is 5.91 Å². The summed E-state index contributed by atoms with van der Waals surface area (Å²) >= 11 is 1.57. The molecular formula is C26H33N3O3S. The number of rotatable bonds is 7. The lowest BCUT2D eigenvalue weighted by Crippen LogP contribution is -2.54. The lowest BCUT2D eigenvalue weighted by Gasteiger charge is -2.36. The highest BCUT2D eigenvalue weighted by Crippen LogP contribution is 2.38. The van der Waals surface area contributed by atoms with Gasteiger partial charge in [-0.1, -0.05) is 63.9 Å². The van der Waals surface area contributed by atoms with Gasteiger partial charge in [-0.15, -0.1) is 11.3 Å². The number of urea groups is 1. The number of nitrogens with one attached hydrogen (secondary N) is 2. The molecule has 33 heavy (non-hydrogen) atoms. The molecule has 1 aromatic heterocycles. The molecule has 3 atom stereocenters. The molecule has 3 unspecified atom stereocenters. The lowest BCUT2D eigenvalue weighted by molar-refractivity contribution is -0.137. The molecule has 1 saturated carbocycles. The summed E-state index contributed by atoms with van der Waals surface area (Å²) in [5.41, 5.74) is 1.39. The SMILES string of the molecule is CC(C)Cc1ccc(C(NC(=O)CN2C(=O)NC3(CCCCC3C)C2=O)c2cccs2)cc1. The summed E-state index contributed by atoms with van der Waals surface area (Å²) in [4.78, 5) is 41.0. The number of carbonyl (C=O) groups is 3. The van der Waals surface area contributed by atoms with Crippen LogP contribution in [0.5, 0.6) is 0 Å². The lowest BCUT2D eigenvalue weighted by atomic mass is 9.73. The monoisotopic (exact) mass is 467 g/mol. The van der Waals surface area contributed by atoms with E-state index in [1.165, 1.54) is 5.56 Å². The number of thiophene rings is 1. The molecule has 4 rings (SSSR count). The van der Waals surface area contributed by atoms with Crippen LogP contribution in [0.25, 0.3) is 0 Å². The van der Waals surface area contributed by atoms with E-state index in [0.717, 1.165) is 41.0 Å². The zero-order valence-corrected chi connectivity index (χ0v) is 20.4. The summed E-state index contributed by atoms with van der Waals surface area (Å²) in [5.74, 6) is 0.0335. The Morgan fingerprint density at radius 3 is 2.61 bits per heavy atom. The summed E-state index contributed by atoms with van der Waals surface area (Å²) in [7, 11) is 0. The molecule has 2 fully saturated rings. The van der Waals surface area contributed by atoms with Crippen LogP contribution in [0.4, 0.5) is 4.79 Å². The normalized spacial score (nSPS) is 23.8. The molecule has 176 valence electrons. The van der Waals surface area contributed by atoms with Gasteiger partial charge in [0.05, 0.1) is 6.04 Å². The third-order valence-corrected chi connectivity index (χ3v) is 7.83. The molecule has 2 aliphatic rings.